The number of nitrogens with one attached hydrogen (secondary N) is 1. The molecule has 1 N–H and O–H groups in total. The van der Waals surface area contributed by atoms with E-state index in [0.29, 0.717) is 6.04 Å². The van der Waals surface area contributed by atoms with Crippen molar-refractivity contribution < 1.29 is 0 Å². The third-order valence-electron chi connectivity index (χ3n) is 0.577. The summed E-state index contributed by atoms with van der Waals surface area (Å²) in [7, 11) is 1.89. The Balaban J connectivity index is 2.08. The van der Waals surface area contributed by atoms with Crippen molar-refractivity contribution >= 4 is 0 Å². The van der Waals surface area contributed by atoms with Crippen LogP contribution in [0.1, 0.15) is 0 Å². The highest BCUT2D eigenvalue weighted by Gasteiger charge is 2.01. The molecule has 0 radical (unpaired) electrons. The highest BCUT2D eigenvalue weighted by atomic mass is 14.9. The van der Waals surface area contributed by atoms with E-state index in [1.807, 2.05) is 7.05 Å². The number of hydrogen-bond acceptors (Lipinski definition) is 1. The molecular weight excluding hydrogens is 62.1 g/mol. The molecule has 26 valence electrons. The Kier molecular flexibility index (Phi) is 0.402. The van der Waals surface area contributed by atoms with Gasteiger partial charge in [-0.2, -0.15) is 0 Å². The summed E-state index contributed by atoms with van der Waals surface area (Å²) in [6.45, 7) is 0. The lowest BCUT2D eigenvalue weighted by Gasteiger charge is -1.80. The molecule has 0 aromatic rings. The van der Waals surface area contributed by atoms with Crippen LogP contribution in [0, 0.1) is 11.8 Å². The van der Waals surface area contributed by atoms with E-state index in [9.17, 15) is 0 Å². The lowest BCUT2D eigenvalue weighted by Crippen LogP contribution is -2.10. The second kappa shape index (κ2) is 0.734. The maximum atomic E-state index is 2.92. The number of rotatable bonds is 1. The molecule has 1 nitrogen and oxygen atoms in total. The Morgan fingerprint density at radius 1 is 1.60 bits per heavy atom. The van der Waals surface area contributed by atoms with E-state index in [2.05, 4.69) is 17.2 Å². The second-order valence-corrected chi connectivity index (χ2v) is 1.01. The van der Waals surface area contributed by atoms with Crippen LogP contribution in [0.2, 0.25) is 0 Å². The van der Waals surface area contributed by atoms with E-state index in [4.69, 9.17) is 0 Å². The molecule has 0 bridgehead atoms. The predicted molar refractivity (Wildman–Crippen MR) is 20.6 cm³/mol. The summed E-state index contributed by atoms with van der Waals surface area (Å²) in [6.07, 6.45) is 0. The summed E-state index contributed by atoms with van der Waals surface area (Å²) >= 11 is 0. The van der Waals surface area contributed by atoms with Crippen molar-refractivity contribution in [2.45, 2.75) is 6.04 Å². The summed E-state index contributed by atoms with van der Waals surface area (Å²) in [6, 6.07) is 0.384. The van der Waals surface area contributed by atoms with Gasteiger partial charge in [-0.05, 0) is 7.05 Å². The average Bonchev–Trinajstić information content (AvgIpc) is 2.12. The van der Waals surface area contributed by atoms with Gasteiger partial charge < -0.3 is 0 Å². The summed E-state index contributed by atoms with van der Waals surface area (Å²) in [5.74, 6) is 5.65. The van der Waals surface area contributed by atoms with Gasteiger partial charge in [0.2, 0.25) is 0 Å². The molecule has 5 heavy (non-hydrogen) atoms. The Morgan fingerprint density at radius 3 is 2.20 bits per heavy atom. The fourth-order valence-corrected chi connectivity index (χ4v) is 0.186. The van der Waals surface area contributed by atoms with Gasteiger partial charge in [0.1, 0.15) is 6.04 Å². The molecule has 1 heteroatoms. The molecule has 0 aromatic heterocycles. The van der Waals surface area contributed by atoms with Crippen LogP contribution in [-0.2, 0) is 0 Å². The first-order valence-electron chi connectivity index (χ1n) is 1.62. The quantitative estimate of drug-likeness (QED) is 0.411. The lowest BCUT2D eigenvalue weighted by atomic mass is 10.6. The van der Waals surface area contributed by atoms with E-state index in [1.54, 1.807) is 0 Å². The second-order valence-electron chi connectivity index (χ2n) is 1.01. The SMILES string of the molecule is CNC1C#C1. The standard InChI is InChI=1S/C4H5N/c1-5-4-2-3-4/h4-5H,1H3. The zero-order valence-corrected chi connectivity index (χ0v) is 3.08. The molecule has 1 rings (SSSR count). The van der Waals surface area contributed by atoms with Gasteiger partial charge in [-0.15, -0.1) is 0 Å². The van der Waals surface area contributed by atoms with Crippen molar-refractivity contribution in [3.63, 3.8) is 0 Å². The fraction of sp³-hybridized carbons (Fsp3) is 0.500. The van der Waals surface area contributed by atoms with Crippen LogP contribution >= 0.6 is 0 Å². The topological polar surface area (TPSA) is 12.0 Å². The minimum absolute atomic E-state index is 0.384. The molecule has 1 aliphatic carbocycles. The molecule has 1 aliphatic rings. The molecule has 0 heterocycles. The minimum atomic E-state index is 0.384. The summed E-state index contributed by atoms with van der Waals surface area (Å²) in [4.78, 5) is 0. The average molecular weight is 67.1 g/mol. The molecule has 0 unspecified atom stereocenters. The lowest BCUT2D eigenvalue weighted by molar-refractivity contribution is 0.873. The smallest absolute Gasteiger partial charge is 0.131 e. The summed E-state index contributed by atoms with van der Waals surface area (Å²) < 4.78 is 0. The van der Waals surface area contributed by atoms with Crippen molar-refractivity contribution in [3.05, 3.63) is 0 Å². The van der Waals surface area contributed by atoms with E-state index < -0.39 is 0 Å². The molecule has 0 atom stereocenters. The maximum Gasteiger partial charge on any atom is 0.131 e. The van der Waals surface area contributed by atoms with Crippen LogP contribution < -0.4 is 5.32 Å². The van der Waals surface area contributed by atoms with Gasteiger partial charge in [-0.25, -0.2) is 0 Å². The molecule has 0 spiro atoms. The van der Waals surface area contributed by atoms with Crippen LogP contribution in [-0.4, -0.2) is 13.1 Å². The van der Waals surface area contributed by atoms with Gasteiger partial charge in [0.15, 0.2) is 0 Å². The largest absolute Gasteiger partial charge is 0.297 e. The zero-order chi connectivity index (χ0) is 3.70. The molecule has 0 aromatic carbocycles. The normalized spacial score (nSPS) is 17.0. The molecule has 0 aliphatic heterocycles. The molecule has 0 saturated carbocycles. The van der Waals surface area contributed by atoms with Gasteiger partial charge in [0, 0.05) is 0 Å². The predicted octanol–water partition coefficient (Wildman–Crippen LogP) is -0.409. The van der Waals surface area contributed by atoms with E-state index >= 15 is 0 Å². The Labute approximate surface area is 31.4 Å². The summed E-state index contributed by atoms with van der Waals surface area (Å²) in [5, 5.41) is 2.92. The zero-order valence-electron chi connectivity index (χ0n) is 3.08. The highest BCUT2D eigenvalue weighted by Crippen LogP contribution is 1.85. The van der Waals surface area contributed by atoms with Crippen LogP contribution in [0.4, 0.5) is 0 Å². The Bertz CT molecular complexity index is 77.6. The van der Waals surface area contributed by atoms with Gasteiger partial charge in [0.05, 0.1) is 0 Å². The van der Waals surface area contributed by atoms with Crippen molar-refractivity contribution in [3.8, 4) is 11.8 Å². The first kappa shape index (κ1) is 2.74. The third-order valence-corrected chi connectivity index (χ3v) is 0.577. The fourth-order valence-electron chi connectivity index (χ4n) is 0.186. The minimum Gasteiger partial charge on any atom is -0.297 e. The van der Waals surface area contributed by atoms with Gasteiger partial charge in [-0.1, -0.05) is 11.8 Å². The highest BCUT2D eigenvalue weighted by molar-refractivity contribution is 5.35. The summed E-state index contributed by atoms with van der Waals surface area (Å²) in [5.41, 5.74) is 0. The first-order chi connectivity index (χ1) is 2.43. The van der Waals surface area contributed by atoms with Crippen LogP contribution in [0.5, 0.6) is 0 Å². The number of hydrogen-bond donors (Lipinski definition) is 1. The van der Waals surface area contributed by atoms with E-state index in [0.717, 1.165) is 0 Å². The molecule has 0 amide bonds. The molecule has 0 fully saturated rings. The van der Waals surface area contributed by atoms with Gasteiger partial charge >= 0.3 is 0 Å². The third kappa shape index (κ3) is 0.398. The molecule has 0 saturated heterocycles. The Hall–Kier alpha value is -0.480. The molecular formula is C4H5N. The van der Waals surface area contributed by atoms with E-state index in [-0.39, 0.29) is 0 Å². The first-order valence-corrected chi connectivity index (χ1v) is 1.62. The van der Waals surface area contributed by atoms with Gasteiger partial charge in [0.25, 0.3) is 0 Å². The van der Waals surface area contributed by atoms with Gasteiger partial charge in [-0.3, -0.25) is 5.32 Å². The van der Waals surface area contributed by atoms with Crippen LogP contribution in [0.25, 0.3) is 0 Å². The van der Waals surface area contributed by atoms with Crippen molar-refractivity contribution in [1.82, 2.24) is 5.32 Å². The van der Waals surface area contributed by atoms with Crippen LogP contribution in [0.3, 0.4) is 0 Å². The maximum absolute atomic E-state index is 2.92. The van der Waals surface area contributed by atoms with Crippen molar-refractivity contribution in [1.29, 1.82) is 0 Å². The Morgan fingerprint density at radius 2 is 2.20 bits per heavy atom. The van der Waals surface area contributed by atoms with Crippen LogP contribution in [0.15, 0.2) is 0 Å². The van der Waals surface area contributed by atoms with Crippen molar-refractivity contribution in [2.75, 3.05) is 7.05 Å². The van der Waals surface area contributed by atoms with Crippen molar-refractivity contribution in [2.24, 2.45) is 0 Å². The van der Waals surface area contributed by atoms with E-state index in [1.165, 1.54) is 0 Å². The monoisotopic (exact) mass is 67.0 g/mol.